The van der Waals surface area contributed by atoms with E-state index in [1.165, 1.54) is 6.33 Å². The van der Waals surface area contributed by atoms with Crippen molar-refractivity contribution in [2.75, 3.05) is 13.2 Å². The maximum Gasteiger partial charge on any atom is 0.251 e. The van der Waals surface area contributed by atoms with Gasteiger partial charge in [-0.25, -0.2) is 9.97 Å². The van der Waals surface area contributed by atoms with E-state index in [2.05, 4.69) is 20.6 Å². The van der Waals surface area contributed by atoms with E-state index in [1.807, 2.05) is 6.07 Å². The number of aromatic nitrogens is 2. The minimum atomic E-state index is -0.240. The molecule has 1 aromatic carbocycles. The number of hydrogen-bond acceptors (Lipinski definition) is 6. The summed E-state index contributed by atoms with van der Waals surface area (Å²) in [5, 5.41) is 26.9. The summed E-state index contributed by atoms with van der Waals surface area (Å²) in [5.41, 5.74) is 1.07. The molecule has 0 saturated heterocycles. The molecule has 4 rings (SSSR count). The molecule has 1 amide bonds. The molecule has 144 valence electrons. The zero-order valence-electron chi connectivity index (χ0n) is 15.3. The first-order valence-electron chi connectivity index (χ1n) is 9.64. The molecule has 1 aromatic heterocycles. The number of fused-ring (bicyclic) bond motifs is 1. The molecule has 2 saturated carbocycles. The number of amides is 1. The molecule has 2 aliphatic carbocycles. The van der Waals surface area contributed by atoms with Crippen LogP contribution in [-0.4, -0.2) is 56.9 Å². The van der Waals surface area contributed by atoms with Gasteiger partial charge in [0, 0.05) is 47.8 Å². The highest BCUT2D eigenvalue weighted by Gasteiger charge is 2.54. The van der Waals surface area contributed by atoms with Gasteiger partial charge in [0.1, 0.15) is 6.33 Å². The second-order valence-corrected chi connectivity index (χ2v) is 7.87. The van der Waals surface area contributed by atoms with Crippen LogP contribution in [0.3, 0.4) is 0 Å². The first-order valence-corrected chi connectivity index (χ1v) is 9.64. The number of carbonyl (C=O) groups is 1. The van der Waals surface area contributed by atoms with Crippen molar-refractivity contribution in [1.82, 2.24) is 20.6 Å². The molecule has 2 atom stereocenters. The van der Waals surface area contributed by atoms with Gasteiger partial charge in [-0.2, -0.15) is 0 Å². The van der Waals surface area contributed by atoms with E-state index in [0.717, 1.165) is 43.0 Å². The molecule has 27 heavy (non-hydrogen) atoms. The van der Waals surface area contributed by atoms with E-state index in [0.29, 0.717) is 18.2 Å². The van der Waals surface area contributed by atoms with Crippen molar-refractivity contribution in [2.45, 2.75) is 49.8 Å². The van der Waals surface area contributed by atoms with Gasteiger partial charge in [0.25, 0.3) is 5.91 Å². The van der Waals surface area contributed by atoms with Crippen LogP contribution in [0.15, 0.2) is 30.7 Å². The van der Waals surface area contributed by atoms with Crippen LogP contribution in [0.5, 0.6) is 0 Å². The average molecular weight is 370 g/mol. The summed E-state index contributed by atoms with van der Waals surface area (Å²) in [4.78, 5) is 20.8. The van der Waals surface area contributed by atoms with Crippen molar-refractivity contribution >= 4 is 16.8 Å². The third kappa shape index (κ3) is 3.95. The van der Waals surface area contributed by atoms with Gasteiger partial charge >= 0.3 is 0 Å². The molecule has 0 spiro atoms. The average Bonchev–Trinajstić information content (AvgIpc) is 3.40. The summed E-state index contributed by atoms with van der Waals surface area (Å²) in [6.07, 6.45) is 7.33. The van der Waals surface area contributed by atoms with E-state index in [4.69, 9.17) is 0 Å². The monoisotopic (exact) mass is 370 g/mol. The van der Waals surface area contributed by atoms with E-state index in [-0.39, 0.29) is 30.1 Å². The van der Waals surface area contributed by atoms with Crippen LogP contribution in [0.2, 0.25) is 0 Å². The maximum absolute atomic E-state index is 12.6. The third-order valence-corrected chi connectivity index (χ3v) is 5.97. The minimum Gasteiger partial charge on any atom is -0.396 e. The van der Waals surface area contributed by atoms with Crippen LogP contribution in [0.1, 0.15) is 42.5 Å². The van der Waals surface area contributed by atoms with Crippen molar-refractivity contribution in [1.29, 1.82) is 0 Å². The molecule has 4 N–H and O–H groups in total. The van der Waals surface area contributed by atoms with Crippen molar-refractivity contribution < 1.29 is 15.0 Å². The summed E-state index contributed by atoms with van der Waals surface area (Å²) in [5.74, 6) is 0.0216. The van der Waals surface area contributed by atoms with Crippen LogP contribution >= 0.6 is 0 Å². The molecular formula is C20H26N4O3. The van der Waals surface area contributed by atoms with Crippen LogP contribution < -0.4 is 10.6 Å². The Morgan fingerprint density at radius 1 is 1.26 bits per heavy atom. The van der Waals surface area contributed by atoms with Crippen molar-refractivity contribution in [2.24, 2.45) is 5.92 Å². The standard InChI is InChI=1S/C20H26N4O3/c25-10-15-8-20(15,24-16-3-5-17(26)6-4-16)11-22-19(27)13-1-2-14-9-21-12-23-18(14)7-13/h1-2,7,9,12,15-17,24-26H,3-6,8,10-11H2,(H,22,27)/t15-,16?,17?,20-/m1/s1. The summed E-state index contributed by atoms with van der Waals surface area (Å²) in [7, 11) is 0. The highest BCUT2D eigenvalue weighted by molar-refractivity contribution is 5.97. The lowest BCUT2D eigenvalue weighted by atomic mass is 9.92. The smallest absolute Gasteiger partial charge is 0.251 e. The molecule has 2 aromatic rings. The Hall–Kier alpha value is -2.09. The molecule has 0 aliphatic heterocycles. The predicted molar refractivity (Wildman–Crippen MR) is 101 cm³/mol. The number of rotatable bonds is 6. The molecule has 7 heteroatoms. The molecular weight excluding hydrogens is 344 g/mol. The molecule has 2 fully saturated rings. The van der Waals surface area contributed by atoms with Gasteiger partial charge in [-0.3, -0.25) is 4.79 Å². The van der Waals surface area contributed by atoms with E-state index < -0.39 is 0 Å². The normalized spacial score (nSPS) is 30.2. The van der Waals surface area contributed by atoms with Gasteiger partial charge in [-0.15, -0.1) is 0 Å². The van der Waals surface area contributed by atoms with Crippen LogP contribution in [-0.2, 0) is 0 Å². The number of nitrogens with one attached hydrogen (secondary N) is 2. The van der Waals surface area contributed by atoms with Gasteiger partial charge in [0.05, 0.1) is 11.6 Å². The third-order valence-electron chi connectivity index (χ3n) is 5.97. The number of carbonyl (C=O) groups excluding carboxylic acids is 1. The minimum absolute atomic E-state index is 0.116. The first kappa shape index (κ1) is 18.3. The molecule has 0 bridgehead atoms. The van der Waals surface area contributed by atoms with Gasteiger partial charge in [-0.1, -0.05) is 6.07 Å². The Bertz CT molecular complexity index is 822. The molecule has 0 radical (unpaired) electrons. The van der Waals surface area contributed by atoms with Gasteiger partial charge in [0.2, 0.25) is 0 Å². The number of nitrogens with zero attached hydrogens (tertiary/aromatic N) is 2. The molecule has 0 unspecified atom stereocenters. The molecule has 1 heterocycles. The number of aliphatic hydroxyl groups is 2. The topological polar surface area (TPSA) is 107 Å². The van der Waals surface area contributed by atoms with Crippen LogP contribution in [0.4, 0.5) is 0 Å². The predicted octanol–water partition coefficient (Wildman–Crippen LogP) is 1.00. The zero-order chi connectivity index (χ0) is 18.9. The van der Waals surface area contributed by atoms with Crippen LogP contribution in [0, 0.1) is 5.92 Å². The fraction of sp³-hybridized carbons (Fsp3) is 0.550. The summed E-state index contributed by atoms with van der Waals surface area (Å²) in [6.45, 7) is 0.600. The highest BCUT2D eigenvalue weighted by Crippen LogP contribution is 2.44. The Morgan fingerprint density at radius 3 is 2.81 bits per heavy atom. The Morgan fingerprint density at radius 2 is 2.07 bits per heavy atom. The number of benzene rings is 1. The number of aliphatic hydroxyl groups excluding tert-OH is 2. The fourth-order valence-electron chi connectivity index (χ4n) is 4.15. The quantitative estimate of drug-likeness (QED) is 0.604. The maximum atomic E-state index is 12.6. The second-order valence-electron chi connectivity index (χ2n) is 7.87. The van der Waals surface area contributed by atoms with Crippen molar-refractivity contribution in [3.05, 3.63) is 36.3 Å². The second kappa shape index (κ2) is 7.50. The van der Waals surface area contributed by atoms with E-state index in [1.54, 1.807) is 18.3 Å². The Labute approximate surface area is 158 Å². The lowest BCUT2D eigenvalue weighted by molar-refractivity contribution is 0.0936. The highest BCUT2D eigenvalue weighted by atomic mass is 16.3. The summed E-state index contributed by atoms with van der Waals surface area (Å²) < 4.78 is 0. The van der Waals surface area contributed by atoms with E-state index in [9.17, 15) is 15.0 Å². The zero-order valence-corrected chi connectivity index (χ0v) is 15.3. The van der Waals surface area contributed by atoms with Crippen molar-refractivity contribution in [3.8, 4) is 0 Å². The fourth-order valence-corrected chi connectivity index (χ4v) is 4.15. The van der Waals surface area contributed by atoms with Gasteiger partial charge < -0.3 is 20.8 Å². The first-order chi connectivity index (χ1) is 13.1. The summed E-state index contributed by atoms with van der Waals surface area (Å²) >= 11 is 0. The lowest BCUT2D eigenvalue weighted by Gasteiger charge is -2.31. The molecule has 7 nitrogen and oxygen atoms in total. The Kier molecular flexibility index (Phi) is 5.08. The molecule has 2 aliphatic rings. The SMILES string of the molecule is O=C(NC[C@]1(NC2CCC(O)CC2)C[C@@H]1CO)c1ccc2cncnc2c1. The van der Waals surface area contributed by atoms with Crippen LogP contribution in [0.25, 0.3) is 10.9 Å². The Balaban J connectivity index is 1.39. The number of hydrogen-bond donors (Lipinski definition) is 4. The van der Waals surface area contributed by atoms with E-state index >= 15 is 0 Å². The lowest BCUT2D eigenvalue weighted by Crippen LogP contribution is -2.50. The van der Waals surface area contributed by atoms with Gasteiger partial charge in [0.15, 0.2) is 0 Å². The van der Waals surface area contributed by atoms with Crippen molar-refractivity contribution in [3.63, 3.8) is 0 Å². The summed E-state index contributed by atoms with van der Waals surface area (Å²) in [6, 6.07) is 5.73. The van der Waals surface area contributed by atoms with Gasteiger partial charge in [-0.05, 0) is 44.2 Å². The largest absolute Gasteiger partial charge is 0.396 e.